The minimum Gasteiger partial charge on any atom is -0.289 e. The van der Waals surface area contributed by atoms with E-state index in [0.29, 0.717) is 0 Å². The second kappa shape index (κ2) is 5.61. The molecule has 24 heavy (non-hydrogen) atoms. The SMILES string of the molecule is Cc1cc2ccc(C(=O)c3cccc4ccccc34)cc2cc1C. The van der Waals surface area contributed by atoms with Gasteiger partial charge in [0.2, 0.25) is 0 Å². The third kappa shape index (κ3) is 2.39. The van der Waals surface area contributed by atoms with Crippen molar-refractivity contribution >= 4 is 27.3 Å². The summed E-state index contributed by atoms with van der Waals surface area (Å²) < 4.78 is 0. The fourth-order valence-electron chi connectivity index (χ4n) is 3.25. The highest BCUT2D eigenvalue weighted by Crippen LogP contribution is 2.25. The highest BCUT2D eigenvalue weighted by atomic mass is 16.1. The molecule has 0 aromatic heterocycles. The van der Waals surface area contributed by atoms with Crippen molar-refractivity contribution in [3.05, 3.63) is 95.1 Å². The van der Waals surface area contributed by atoms with Crippen molar-refractivity contribution in [3.63, 3.8) is 0 Å². The molecule has 0 aliphatic carbocycles. The number of aryl methyl sites for hydroxylation is 2. The van der Waals surface area contributed by atoms with Gasteiger partial charge in [0, 0.05) is 11.1 Å². The van der Waals surface area contributed by atoms with E-state index in [0.717, 1.165) is 27.3 Å². The zero-order valence-electron chi connectivity index (χ0n) is 13.8. The highest BCUT2D eigenvalue weighted by Gasteiger charge is 2.13. The summed E-state index contributed by atoms with van der Waals surface area (Å²) in [7, 11) is 0. The number of rotatable bonds is 2. The van der Waals surface area contributed by atoms with Crippen molar-refractivity contribution in [2.45, 2.75) is 13.8 Å². The Labute approximate surface area is 141 Å². The number of fused-ring (bicyclic) bond motifs is 2. The van der Waals surface area contributed by atoms with Crippen LogP contribution in [-0.2, 0) is 0 Å². The average molecular weight is 310 g/mol. The molecule has 0 aliphatic heterocycles. The molecule has 0 bridgehead atoms. The Morgan fingerprint density at radius 1 is 0.667 bits per heavy atom. The quantitative estimate of drug-likeness (QED) is 0.425. The molecule has 0 unspecified atom stereocenters. The summed E-state index contributed by atoms with van der Waals surface area (Å²) in [4.78, 5) is 13.1. The normalized spacial score (nSPS) is 11.1. The zero-order chi connectivity index (χ0) is 16.7. The van der Waals surface area contributed by atoms with Crippen molar-refractivity contribution in [3.8, 4) is 0 Å². The maximum atomic E-state index is 13.1. The summed E-state index contributed by atoms with van der Waals surface area (Å²) in [5.41, 5.74) is 4.02. The Bertz CT molecular complexity index is 1080. The molecule has 0 N–H and O–H groups in total. The molecular formula is C23H18O. The molecule has 4 aromatic rings. The van der Waals surface area contributed by atoms with Gasteiger partial charge in [-0.05, 0) is 52.6 Å². The van der Waals surface area contributed by atoms with E-state index in [1.165, 1.54) is 16.5 Å². The monoisotopic (exact) mass is 310 g/mol. The molecule has 116 valence electrons. The number of carbonyl (C=O) groups is 1. The van der Waals surface area contributed by atoms with Gasteiger partial charge in [-0.3, -0.25) is 4.79 Å². The van der Waals surface area contributed by atoms with Crippen LogP contribution in [0.3, 0.4) is 0 Å². The van der Waals surface area contributed by atoms with Crippen LogP contribution in [0.5, 0.6) is 0 Å². The van der Waals surface area contributed by atoms with E-state index in [2.05, 4.69) is 26.0 Å². The van der Waals surface area contributed by atoms with Crippen molar-refractivity contribution in [1.82, 2.24) is 0 Å². The summed E-state index contributed by atoms with van der Waals surface area (Å²) in [6.45, 7) is 4.22. The van der Waals surface area contributed by atoms with Gasteiger partial charge in [0.15, 0.2) is 5.78 Å². The lowest BCUT2D eigenvalue weighted by atomic mass is 9.95. The van der Waals surface area contributed by atoms with Crippen LogP contribution >= 0.6 is 0 Å². The first-order valence-corrected chi connectivity index (χ1v) is 8.17. The standard InChI is InChI=1S/C23H18O/c1-15-12-18-10-11-19(14-20(18)13-16(15)2)23(24)22-9-5-7-17-6-3-4-8-21(17)22/h3-14H,1-2H3. The van der Waals surface area contributed by atoms with Gasteiger partial charge in [0.1, 0.15) is 0 Å². The molecule has 0 spiro atoms. The lowest BCUT2D eigenvalue weighted by molar-refractivity contribution is 0.104. The molecule has 1 heteroatoms. The van der Waals surface area contributed by atoms with E-state index in [1.54, 1.807) is 0 Å². The van der Waals surface area contributed by atoms with Gasteiger partial charge in [-0.25, -0.2) is 0 Å². The minimum atomic E-state index is 0.0759. The Hall–Kier alpha value is -2.93. The Kier molecular flexibility index (Phi) is 3.42. The van der Waals surface area contributed by atoms with Gasteiger partial charge in [-0.2, -0.15) is 0 Å². The molecular weight excluding hydrogens is 292 g/mol. The van der Waals surface area contributed by atoms with Gasteiger partial charge < -0.3 is 0 Å². The number of benzene rings is 4. The summed E-state index contributed by atoms with van der Waals surface area (Å²) in [5, 5.41) is 4.39. The summed E-state index contributed by atoms with van der Waals surface area (Å²) in [6.07, 6.45) is 0. The number of ketones is 1. The van der Waals surface area contributed by atoms with Gasteiger partial charge in [-0.15, -0.1) is 0 Å². The van der Waals surface area contributed by atoms with Crippen molar-refractivity contribution in [1.29, 1.82) is 0 Å². The predicted octanol–water partition coefficient (Wildman–Crippen LogP) is 5.84. The van der Waals surface area contributed by atoms with Crippen LogP contribution in [0, 0.1) is 13.8 Å². The maximum Gasteiger partial charge on any atom is 0.193 e. The molecule has 0 atom stereocenters. The molecule has 1 nitrogen and oxygen atoms in total. The summed E-state index contributed by atoms with van der Waals surface area (Å²) in [5.74, 6) is 0.0759. The van der Waals surface area contributed by atoms with Crippen LogP contribution in [0.2, 0.25) is 0 Å². The van der Waals surface area contributed by atoms with E-state index < -0.39 is 0 Å². The van der Waals surface area contributed by atoms with E-state index >= 15 is 0 Å². The summed E-state index contributed by atoms with van der Waals surface area (Å²) in [6, 6.07) is 24.2. The Morgan fingerprint density at radius 3 is 2.21 bits per heavy atom. The van der Waals surface area contributed by atoms with Gasteiger partial charge in [0.05, 0.1) is 0 Å². The van der Waals surface area contributed by atoms with Crippen LogP contribution in [0.1, 0.15) is 27.0 Å². The van der Waals surface area contributed by atoms with Crippen LogP contribution in [0.15, 0.2) is 72.8 Å². The second-order valence-corrected chi connectivity index (χ2v) is 6.35. The molecule has 0 fully saturated rings. The Morgan fingerprint density at radius 2 is 1.38 bits per heavy atom. The third-order valence-electron chi connectivity index (χ3n) is 4.75. The van der Waals surface area contributed by atoms with Crippen molar-refractivity contribution < 1.29 is 4.79 Å². The second-order valence-electron chi connectivity index (χ2n) is 6.35. The van der Waals surface area contributed by atoms with Crippen LogP contribution in [0.4, 0.5) is 0 Å². The molecule has 0 heterocycles. The van der Waals surface area contributed by atoms with E-state index in [9.17, 15) is 4.79 Å². The first kappa shape index (κ1) is 14.6. The van der Waals surface area contributed by atoms with E-state index in [4.69, 9.17) is 0 Å². The fraction of sp³-hybridized carbons (Fsp3) is 0.0870. The molecule has 0 amide bonds. The van der Waals surface area contributed by atoms with Gasteiger partial charge >= 0.3 is 0 Å². The topological polar surface area (TPSA) is 17.1 Å². The van der Waals surface area contributed by atoms with Crippen LogP contribution in [0.25, 0.3) is 21.5 Å². The molecule has 0 saturated heterocycles. The van der Waals surface area contributed by atoms with Crippen molar-refractivity contribution in [2.24, 2.45) is 0 Å². The van der Waals surface area contributed by atoms with E-state index in [1.807, 2.05) is 60.7 Å². The smallest absolute Gasteiger partial charge is 0.193 e. The molecule has 0 saturated carbocycles. The third-order valence-corrected chi connectivity index (χ3v) is 4.75. The van der Waals surface area contributed by atoms with Crippen LogP contribution in [-0.4, -0.2) is 5.78 Å². The van der Waals surface area contributed by atoms with Gasteiger partial charge in [0.25, 0.3) is 0 Å². The average Bonchev–Trinajstić information content (AvgIpc) is 2.61. The Balaban J connectivity index is 1.87. The van der Waals surface area contributed by atoms with Crippen LogP contribution < -0.4 is 0 Å². The first-order chi connectivity index (χ1) is 11.6. The minimum absolute atomic E-state index is 0.0759. The lowest BCUT2D eigenvalue weighted by Gasteiger charge is -2.08. The van der Waals surface area contributed by atoms with Crippen molar-refractivity contribution in [2.75, 3.05) is 0 Å². The number of carbonyl (C=O) groups excluding carboxylic acids is 1. The van der Waals surface area contributed by atoms with E-state index in [-0.39, 0.29) is 5.78 Å². The molecule has 4 rings (SSSR count). The number of hydrogen-bond acceptors (Lipinski definition) is 1. The van der Waals surface area contributed by atoms with Gasteiger partial charge in [-0.1, -0.05) is 66.7 Å². The zero-order valence-corrected chi connectivity index (χ0v) is 13.8. The summed E-state index contributed by atoms with van der Waals surface area (Å²) >= 11 is 0. The maximum absolute atomic E-state index is 13.1. The molecule has 4 aromatic carbocycles. The highest BCUT2D eigenvalue weighted by molar-refractivity contribution is 6.17. The lowest BCUT2D eigenvalue weighted by Crippen LogP contribution is -2.02. The molecule has 0 radical (unpaired) electrons. The largest absolute Gasteiger partial charge is 0.289 e. The predicted molar refractivity (Wildman–Crippen MR) is 101 cm³/mol. The first-order valence-electron chi connectivity index (χ1n) is 8.17. The molecule has 0 aliphatic rings. The number of hydrogen-bond donors (Lipinski definition) is 0. The fourth-order valence-corrected chi connectivity index (χ4v) is 3.25.